The second-order valence-electron chi connectivity index (χ2n) is 8.62. The monoisotopic (exact) mass is 489 g/mol. The third kappa shape index (κ3) is 6.67. The van der Waals surface area contributed by atoms with E-state index < -0.39 is 0 Å². The molecule has 5 rings (SSSR count). The van der Waals surface area contributed by atoms with Gasteiger partial charge in [-0.2, -0.15) is 0 Å². The molecule has 0 saturated carbocycles. The molecule has 4 aromatic rings. The summed E-state index contributed by atoms with van der Waals surface area (Å²) in [5, 5.41) is 9.43. The minimum Gasteiger partial charge on any atom is -0.379 e. The highest BCUT2D eigenvalue weighted by atomic mass is 32.2. The molecule has 2 aromatic carbocycles. The number of piperidine rings is 1. The zero-order valence-corrected chi connectivity index (χ0v) is 20.6. The van der Waals surface area contributed by atoms with Crippen molar-refractivity contribution in [3.05, 3.63) is 90.3 Å². The number of hydrogen-bond acceptors (Lipinski definition) is 7. The Morgan fingerprint density at radius 1 is 0.886 bits per heavy atom. The second kappa shape index (κ2) is 12.3. The van der Waals surface area contributed by atoms with Crippen molar-refractivity contribution in [2.75, 3.05) is 38.6 Å². The predicted octanol–water partition coefficient (Wildman–Crippen LogP) is 4.50. The summed E-state index contributed by atoms with van der Waals surface area (Å²) in [5.41, 5.74) is 3.18. The van der Waals surface area contributed by atoms with E-state index in [0.29, 0.717) is 6.61 Å². The molecule has 1 fully saturated rings. The molecule has 7 nitrogen and oxygen atoms in total. The first-order valence-corrected chi connectivity index (χ1v) is 13.2. The lowest BCUT2D eigenvalue weighted by molar-refractivity contribution is -0.0301. The van der Waals surface area contributed by atoms with Gasteiger partial charge in [0.15, 0.2) is 5.65 Å². The Morgan fingerprint density at radius 2 is 1.60 bits per heavy atom. The van der Waals surface area contributed by atoms with Gasteiger partial charge in [-0.25, -0.2) is 4.98 Å². The molecule has 0 bridgehead atoms. The molecule has 1 aliphatic rings. The van der Waals surface area contributed by atoms with Crippen LogP contribution in [-0.2, 0) is 9.47 Å². The van der Waals surface area contributed by atoms with Crippen molar-refractivity contribution < 1.29 is 9.47 Å². The summed E-state index contributed by atoms with van der Waals surface area (Å²) >= 11 is 1.67. The van der Waals surface area contributed by atoms with Crippen LogP contribution in [0.4, 0.5) is 0 Å². The van der Waals surface area contributed by atoms with E-state index in [1.165, 1.54) is 17.5 Å². The van der Waals surface area contributed by atoms with Gasteiger partial charge in [-0.05, 0) is 36.1 Å². The topological polar surface area (TPSA) is 64.8 Å². The maximum absolute atomic E-state index is 6.66. The van der Waals surface area contributed by atoms with Crippen molar-refractivity contribution in [2.45, 2.75) is 30.1 Å². The fourth-order valence-electron chi connectivity index (χ4n) is 4.35. The smallest absolute Gasteiger partial charge is 0.176 e. The lowest BCUT2D eigenvalue weighted by Gasteiger charge is -2.34. The van der Waals surface area contributed by atoms with Crippen LogP contribution in [0.3, 0.4) is 0 Å². The fourth-order valence-corrected chi connectivity index (χ4v) is 5.06. The van der Waals surface area contributed by atoms with Crippen LogP contribution in [0.25, 0.3) is 5.65 Å². The number of thioether (sulfide) groups is 1. The Kier molecular flexibility index (Phi) is 8.39. The molecule has 1 aliphatic heterocycles. The zero-order chi connectivity index (χ0) is 23.7. The summed E-state index contributed by atoms with van der Waals surface area (Å²) in [5.74, 6) is 0.865. The Hall–Kier alpha value is -2.78. The van der Waals surface area contributed by atoms with Gasteiger partial charge in [0.25, 0.3) is 0 Å². The summed E-state index contributed by atoms with van der Waals surface area (Å²) in [6.45, 7) is 4.50. The highest BCUT2D eigenvalue weighted by Crippen LogP contribution is 2.30. The molecule has 182 valence electrons. The first-order valence-electron chi connectivity index (χ1n) is 12.2. The third-order valence-electron chi connectivity index (χ3n) is 6.22. The summed E-state index contributed by atoms with van der Waals surface area (Å²) in [7, 11) is 0. The molecule has 35 heavy (non-hydrogen) atoms. The Bertz CT molecular complexity index is 1130. The minimum absolute atomic E-state index is 0.0189. The van der Waals surface area contributed by atoms with Crippen LogP contribution in [0, 0.1) is 0 Å². The van der Waals surface area contributed by atoms with E-state index in [0.717, 1.165) is 55.5 Å². The van der Waals surface area contributed by atoms with E-state index in [1.54, 1.807) is 16.4 Å². The second-order valence-corrected chi connectivity index (χ2v) is 9.73. The molecule has 0 spiro atoms. The molecular weight excluding hydrogens is 458 g/mol. The van der Waals surface area contributed by atoms with Crippen LogP contribution >= 0.6 is 11.8 Å². The predicted molar refractivity (Wildman–Crippen MR) is 138 cm³/mol. The molecule has 0 unspecified atom stereocenters. The number of fused-ring (bicyclic) bond motifs is 1. The van der Waals surface area contributed by atoms with Gasteiger partial charge in [-0.15, -0.1) is 26.6 Å². The van der Waals surface area contributed by atoms with Gasteiger partial charge in [0.2, 0.25) is 0 Å². The number of ether oxygens (including phenoxy) is 2. The van der Waals surface area contributed by atoms with Crippen molar-refractivity contribution in [1.82, 2.24) is 24.7 Å². The molecule has 0 atom stereocenters. The zero-order valence-electron chi connectivity index (χ0n) is 19.8. The lowest BCUT2D eigenvalue weighted by atomic mass is 10.00. The maximum Gasteiger partial charge on any atom is 0.176 e. The highest BCUT2D eigenvalue weighted by Gasteiger charge is 2.24. The van der Waals surface area contributed by atoms with Gasteiger partial charge in [0.1, 0.15) is 17.5 Å². The number of likely N-dealkylation sites (tertiary alicyclic amines) is 1. The van der Waals surface area contributed by atoms with Gasteiger partial charge in [0, 0.05) is 25.4 Å². The number of rotatable bonds is 11. The SMILES string of the molecule is c1ccc(C(OC2CCN(CCOCCSc3ccc4ncnn4n3)CC2)c2ccccc2)cc1. The molecule has 3 heterocycles. The van der Waals surface area contributed by atoms with E-state index in [9.17, 15) is 0 Å². The number of nitrogens with zero attached hydrogens (tertiary/aromatic N) is 5. The van der Waals surface area contributed by atoms with Crippen molar-refractivity contribution in [2.24, 2.45) is 0 Å². The van der Waals surface area contributed by atoms with Crippen LogP contribution < -0.4 is 0 Å². The van der Waals surface area contributed by atoms with Crippen molar-refractivity contribution >= 4 is 17.4 Å². The molecule has 0 radical (unpaired) electrons. The lowest BCUT2D eigenvalue weighted by Crippen LogP contribution is -2.39. The highest BCUT2D eigenvalue weighted by molar-refractivity contribution is 7.99. The fraction of sp³-hybridized carbons (Fsp3) is 0.370. The van der Waals surface area contributed by atoms with Gasteiger partial charge < -0.3 is 14.4 Å². The molecule has 8 heteroatoms. The van der Waals surface area contributed by atoms with Gasteiger partial charge in [-0.1, -0.05) is 60.7 Å². The van der Waals surface area contributed by atoms with Gasteiger partial charge in [-0.3, -0.25) is 0 Å². The van der Waals surface area contributed by atoms with E-state index in [2.05, 4.69) is 80.7 Å². The summed E-state index contributed by atoms with van der Waals surface area (Å²) in [6, 6.07) is 25.0. The Balaban J connectivity index is 1.01. The van der Waals surface area contributed by atoms with Crippen LogP contribution in [0.15, 0.2) is 84.1 Å². The number of hydrogen-bond donors (Lipinski definition) is 0. The molecule has 0 aliphatic carbocycles. The quantitative estimate of drug-likeness (QED) is 0.227. The van der Waals surface area contributed by atoms with Crippen LogP contribution in [0.5, 0.6) is 0 Å². The van der Waals surface area contributed by atoms with Crippen molar-refractivity contribution in [3.63, 3.8) is 0 Å². The summed E-state index contributed by atoms with van der Waals surface area (Å²) in [6.07, 6.45) is 3.85. The third-order valence-corrected chi connectivity index (χ3v) is 7.11. The van der Waals surface area contributed by atoms with E-state index in [4.69, 9.17) is 9.47 Å². The van der Waals surface area contributed by atoms with Crippen LogP contribution in [0.2, 0.25) is 0 Å². The Labute approximate surface area is 210 Å². The van der Waals surface area contributed by atoms with Crippen LogP contribution in [0.1, 0.15) is 30.1 Å². The maximum atomic E-state index is 6.66. The molecule has 2 aromatic heterocycles. The van der Waals surface area contributed by atoms with Crippen LogP contribution in [-0.4, -0.2) is 69.4 Å². The molecular formula is C27H31N5O2S. The van der Waals surface area contributed by atoms with Gasteiger partial charge >= 0.3 is 0 Å². The van der Waals surface area contributed by atoms with E-state index in [1.807, 2.05) is 12.1 Å². The van der Waals surface area contributed by atoms with Gasteiger partial charge in [0.05, 0.1) is 19.3 Å². The first kappa shape index (κ1) is 23.9. The van der Waals surface area contributed by atoms with E-state index >= 15 is 0 Å². The minimum atomic E-state index is -0.0189. The summed E-state index contributed by atoms with van der Waals surface area (Å²) < 4.78 is 14.1. The first-order chi connectivity index (χ1) is 17.3. The number of aromatic nitrogens is 4. The molecule has 0 N–H and O–H groups in total. The normalized spacial score (nSPS) is 15.2. The van der Waals surface area contributed by atoms with Crippen molar-refractivity contribution in [3.8, 4) is 0 Å². The standard InChI is InChI=1S/C27H31N5O2S/c1-3-7-22(8-4-1)27(23-9-5-2-6-10-23)34-24-13-15-31(16-14-24)17-18-33-19-20-35-26-12-11-25-28-21-29-32(25)30-26/h1-12,21,24,27H,13-20H2. The van der Waals surface area contributed by atoms with E-state index in [-0.39, 0.29) is 12.2 Å². The largest absolute Gasteiger partial charge is 0.379 e. The average Bonchev–Trinajstić information content (AvgIpc) is 3.39. The molecule has 1 saturated heterocycles. The average molecular weight is 490 g/mol. The number of benzene rings is 2. The molecule has 0 amide bonds. The Morgan fingerprint density at radius 3 is 2.31 bits per heavy atom. The summed E-state index contributed by atoms with van der Waals surface area (Å²) in [4.78, 5) is 6.59. The van der Waals surface area contributed by atoms with Crippen molar-refractivity contribution in [1.29, 1.82) is 0 Å².